The van der Waals surface area contributed by atoms with Crippen molar-refractivity contribution in [3.63, 3.8) is 0 Å². The zero-order valence-electron chi connectivity index (χ0n) is 10.3. The molecule has 1 aliphatic carbocycles. The first-order valence-corrected chi connectivity index (χ1v) is 6.56. The molecule has 0 atom stereocenters. The number of amides is 1. The molecule has 96 valence electrons. The zero-order valence-corrected chi connectivity index (χ0v) is 11.0. The van der Waals surface area contributed by atoms with Crippen LogP contribution in [0.2, 0.25) is 5.02 Å². The standard InChI is InChI=1S/C15H13ClN2O/c16-12-5-3-11(4-6-12)15(7-8-15)14(19)18-13-2-1-9-17-10-13/h1-6,9-10H,7-8H2,(H,18,19). The number of aromatic nitrogens is 1. The van der Waals surface area contributed by atoms with E-state index >= 15 is 0 Å². The van der Waals surface area contributed by atoms with Crippen LogP contribution in [0.1, 0.15) is 18.4 Å². The Hall–Kier alpha value is -1.87. The summed E-state index contributed by atoms with van der Waals surface area (Å²) in [5.41, 5.74) is 1.37. The molecule has 1 saturated carbocycles. The highest BCUT2D eigenvalue weighted by molar-refractivity contribution is 6.30. The highest BCUT2D eigenvalue weighted by atomic mass is 35.5. The Kier molecular flexibility index (Phi) is 2.99. The fraction of sp³-hybridized carbons (Fsp3) is 0.200. The molecule has 1 heterocycles. The highest BCUT2D eigenvalue weighted by Gasteiger charge is 2.51. The van der Waals surface area contributed by atoms with Crippen molar-refractivity contribution in [2.24, 2.45) is 0 Å². The van der Waals surface area contributed by atoms with Gasteiger partial charge in [0.25, 0.3) is 0 Å². The van der Waals surface area contributed by atoms with Crippen molar-refractivity contribution in [2.75, 3.05) is 5.32 Å². The fourth-order valence-corrected chi connectivity index (χ4v) is 2.35. The van der Waals surface area contributed by atoms with Crippen LogP contribution in [0.4, 0.5) is 5.69 Å². The maximum atomic E-state index is 12.4. The minimum Gasteiger partial charge on any atom is -0.324 e. The smallest absolute Gasteiger partial charge is 0.235 e. The number of hydrogen-bond acceptors (Lipinski definition) is 2. The van der Waals surface area contributed by atoms with Crippen molar-refractivity contribution in [3.05, 3.63) is 59.4 Å². The second-order valence-electron chi connectivity index (χ2n) is 4.78. The van der Waals surface area contributed by atoms with Crippen molar-refractivity contribution in [2.45, 2.75) is 18.3 Å². The van der Waals surface area contributed by atoms with E-state index in [2.05, 4.69) is 10.3 Å². The molecule has 1 fully saturated rings. The SMILES string of the molecule is O=C(Nc1cccnc1)C1(c2ccc(Cl)cc2)CC1. The van der Waals surface area contributed by atoms with Gasteiger partial charge in [-0.3, -0.25) is 9.78 Å². The predicted octanol–water partition coefficient (Wildman–Crippen LogP) is 3.41. The first kappa shape index (κ1) is 12.2. The van der Waals surface area contributed by atoms with Crippen molar-refractivity contribution in [1.82, 2.24) is 4.98 Å². The van der Waals surface area contributed by atoms with E-state index in [9.17, 15) is 4.79 Å². The molecule has 3 rings (SSSR count). The maximum Gasteiger partial charge on any atom is 0.235 e. The van der Waals surface area contributed by atoms with Crippen LogP contribution in [0.5, 0.6) is 0 Å². The molecule has 0 bridgehead atoms. The van der Waals surface area contributed by atoms with Crippen LogP contribution < -0.4 is 5.32 Å². The van der Waals surface area contributed by atoms with E-state index in [-0.39, 0.29) is 11.3 Å². The molecule has 2 aromatic rings. The van der Waals surface area contributed by atoms with Gasteiger partial charge >= 0.3 is 0 Å². The van der Waals surface area contributed by atoms with Gasteiger partial charge in [0.1, 0.15) is 0 Å². The maximum absolute atomic E-state index is 12.4. The molecule has 0 unspecified atom stereocenters. The summed E-state index contributed by atoms with van der Waals surface area (Å²) in [5, 5.41) is 3.61. The van der Waals surface area contributed by atoms with E-state index in [0.29, 0.717) is 5.02 Å². The Morgan fingerprint density at radius 1 is 1.21 bits per heavy atom. The molecule has 1 aromatic heterocycles. The lowest BCUT2D eigenvalue weighted by Crippen LogP contribution is -2.27. The summed E-state index contributed by atoms with van der Waals surface area (Å²) in [6.07, 6.45) is 5.08. The molecular weight excluding hydrogens is 260 g/mol. The van der Waals surface area contributed by atoms with Gasteiger partial charge in [-0.05, 0) is 42.7 Å². The fourth-order valence-electron chi connectivity index (χ4n) is 2.23. The van der Waals surface area contributed by atoms with E-state index in [1.807, 2.05) is 30.3 Å². The molecule has 0 saturated heterocycles. The highest BCUT2D eigenvalue weighted by Crippen LogP contribution is 2.49. The normalized spacial score (nSPS) is 15.8. The molecule has 1 N–H and O–H groups in total. The molecular formula is C15H13ClN2O. The third-order valence-corrected chi connectivity index (χ3v) is 3.75. The monoisotopic (exact) mass is 272 g/mol. The van der Waals surface area contributed by atoms with Gasteiger partial charge in [-0.2, -0.15) is 0 Å². The van der Waals surface area contributed by atoms with Gasteiger partial charge in [0.05, 0.1) is 17.3 Å². The van der Waals surface area contributed by atoms with Gasteiger partial charge in [0, 0.05) is 11.2 Å². The Labute approximate surface area is 116 Å². The molecule has 1 aliphatic rings. The van der Waals surface area contributed by atoms with Crippen LogP contribution in [0.15, 0.2) is 48.8 Å². The Bertz CT molecular complexity index is 591. The minimum absolute atomic E-state index is 0.0304. The second-order valence-corrected chi connectivity index (χ2v) is 5.22. The lowest BCUT2D eigenvalue weighted by Gasteiger charge is -2.15. The number of nitrogens with one attached hydrogen (secondary N) is 1. The summed E-state index contributed by atoms with van der Waals surface area (Å²) in [7, 11) is 0. The quantitative estimate of drug-likeness (QED) is 0.930. The van der Waals surface area contributed by atoms with Gasteiger partial charge < -0.3 is 5.32 Å². The number of rotatable bonds is 3. The van der Waals surface area contributed by atoms with Crippen molar-refractivity contribution in [1.29, 1.82) is 0 Å². The number of nitrogens with zero attached hydrogens (tertiary/aromatic N) is 1. The Balaban J connectivity index is 1.81. The van der Waals surface area contributed by atoms with Crippen LogP contribution in [-0.2, 0) is 10.2 Å². The van der Waals surface area contributed by atoms with Gasteiger partial charge in [-0.25, -0.2) is 0 Å². The van der Waals surface area contributed by atoms with Gasteiger partial charge in [0.2, 0.25) is 5.91 Å². The van der Waals surface area contributed by atoms with Crippen LogP contribution in [-0.4, -0.2) is 10.9 Å². The summed E-state index contributed by atoms with van der Waals surface area (Å²) in [6, 6.07) is 11.2. The van der Waals surface area contributed by atoms with Gasteiger partial charge in [0.15, 0.2) is 0 Å². The topological polar surface area (TPSA) is 42.0 Å². The van der Waals surface area contributed by atoms with E-state index in [0.717, 1.165) is 24.1 Å². The minimum atomic E-state index is -0.388. The van der Waals surface area contributed by atoms with Crippen molar-refractivity contribution < 1.29 is 4.79 Å². The number of benzene rings is 1. The summed E-state index contributed by atoms with van der Waals surface area (Å²) < 4.78 is 0. The summed E-state index contributed by atoms with van der Waals surface area (Å²) >= 11 is 5.88. The predicted molar refractivity (Wildman–Crippen MR) is 75.2 cm³/mol. The first-order chi connectivity index (χ1) is 9.21. The molecule has 0 aliphatic heterocycles. The van der Waals surface area contributed by atoms with Crippen molar-refractivity contribution in [3.8, 4) is 0 Å². The molecule has 3 nitrogen and oxygen atoms in total. The first-order valence-electron chi connectivity index (χ1n) is 6.18. The van der Waals surface area contributed by atoms with E-state index < -0.39 is 0 Å². The van der Waals surface area contributed by atoms with Crippen LogP contribution >= 0.6 is 11.6 Å². The van der Waals surface area contributed by atoms with Gasteiger partial charge in [-0.1, -0.05) is 23.7 Å². The third-order valence-electron chi connectivity index (χ3n) is 3.50. The number of pyridine rings is 1. The van der Waals surface area contributed by atoms with Crippen LogP contribution in [0.25, 0.3) is 0 Å². The molecule has 0 spiro atoms. The largest absolute Gasteiger partial charge is 0.324 e. The molecule has 1 amide bonds. The summed E-state index contributed by atoms with van der Waals surface area (Å²) in [6.45, 7) is 0. The third kappa shape index (κ3) is 2.34. The van der Waals surface area contributed by atoms with Crippen molar-refractivity contribution >= 4 is 23.2 Å². The summed E-state index contributed by atoms with van der Waals surface area (Å²) in [4.78, 5) is 16.4. The van der Waals surface area contributed by atoms with Crippen LogP contribution in [0, 0.1) is 0 Å². The number of hydrogen-bond donors (Lipinski definition) is 1. The lowest BCUT2D eigenvalue weighted by atomic mass is 9.95. The number of halogens is 1. The van der Waals surface area contributed by atoms with E-state index in [1.165, 1.54) is 0 Å². The van der Waals surface area contributed by atoms with Crippen LogP contribution in [0.3, 0.4) is 0 Å². The average molecular weight is 273 g/mol. The molecule has 19 heavy (non-hydrogen) atoms. The zero-order chi connectivity index (χ0) is 13.3. The Morgan fingerprint density at radius 2 is 1.95 bits per heavy atom. The molecule has 0 radical (unpaired) electrons. The number of carbonyl (C=O) groups excluding carboxylic acids is 1. The Morgan fingerprint density at radius 3 is 2.53 bits per heavy atom. The second kappa shape index (κ2) is 4.67. The van der Waals surface area contributed by atoms with E-state index in [1.54, 1.807) is 18.5 Å². The summed E-state index contributed by atoms with van der Waals surface area (Å²) in [5.74, 6) is 0.0304. The average Bonchev–Trinajstić information content (AvgIpc) is 3.22. The lowest BCUT2D eigenvalue weighted by molar-refractivity contribution is -0.118. The van der Waals surface area contributed by atoms with E-state index in [4.69, 9.17) is 11.6 Å². The number of anilines is 1. The number of carbonyl (C=O) groups is 1. The molecule has 1 aromatic carbocycles. The molecule has 4 heteroatoms. The van der Waals surface area contributed by atoms with Gasteiger partial charge in [-0.15, -0.1) is 0 Å².